The van der Waals surface area contributed by atoms with Gasteiger partial charge < -0.3 is 10.2 Å². The number of rotatable bonds is 3. The summed E-state index contributed by atoms with van der Waals surface area (Å²) in [5, 5.41) is 18.8. The van der Waals surface area contributed by atoms with Gasteiger partial charge in [0.1, 0.15) is 5.75 Å². The lowest BCUT2D eigenvalue weighted by Gasteiger charge is -2.12. The van der Waals surface area contributed by atoms with Crippen LogP contribution in [0.2, 0.25) is 0 Å². The van der Waals surface area contributed by atoms with Crippen LogP contribution in [-0.4, -0.2) is 16.8 Å². The van der Waals surface area contributed by atoms with E-state index < -0.39 is 0 Å². The van der Waals surface area contributed by atoms with Gasteiger partial charge >= 0.3 is 0 Å². The van der Waals surface area contributed by atoms with Gasteiger partial charge in [-0.1, -0.05) is 15.9 Å². The molecular formula is C11H13BrO2. The van der Waals surface area contributed by atoms with Crippen molar-refractivity contribution in [1.29, 1.82) is 0 Å². The molecule has 0 unspecified atom stereocenters. The van der Waals surface area contributed by atoms with Gasteiger partial charge in [0.25, 0.3) is 0 Å². The Morgan fingerprint density at radius 2 is 2.07 bits per heavy atom. The standard InChI is InChI=1S/C11H13BrO2/c12-9-1-2-10(14)8(5-9)6-11(7-13)3-4-11/h1-2,5,13-14H,3-4,6-7H2. The zero-order chi connectivity index (χ0) is 10.2. The molecule has 0 atom stereocenters. The van der Waals surface area contributed by atoms with Gasteiger partial charge in [-0.25, -0.2) is 0 Å². The number of aliphatic hydroxyl groups excluding tert-OH is 1. The molecule has 0 saturated heterocycles. The van der Waals surface area contributed by atoms with Crippen LogP contribution >= 0.6 is 15.9 Å². The Labute approximate surface area is 91.7 Å². The van der Waals surface area contributed by atoms with Crippen LogP contribution in [0.3, 0.4) is 0 Å². The number of hydrogen-bond acceptors (Lipinski definition) is 2. The molecule has 1 fully saturated rings. The number of phenols is 1. The van der Waals surface area contributed by atoms with Crippen LogP contribution in [0.25, 0.3) is 0 Å². The Hall–Kier alpha value is -0.540. The van der Waals surface area contributed by atoms with Crippen molar-refractivity contribution in [2.24, 2.45) is 5.41 Å². The predicted octanol–water partition coefficient (Wildman–Crippen LogP) is 2.47. The van der Waals surface area contributed by atoms with Gasteiger partial charge in [-0.2, -0.15) is 0 Å². The summed E-state index contributed by atoms with van der Waals surface area (Å²) < 4.78 is 0.971. The first-order valence-corrected chi connectivity index (χ1v) is 5.53. The molecule has 0 amide bonds. The molecule has 1 aliphatic rings. The van der Waals surface area contributed by atoms with Gasteiger partial charge in [0.15, 0.2) is 0 Å². The second kappa shape index (κ2) is 3.55. The van der Waals surface area contributed by atoms with E-state index >= 15 is 0 Å². The van der Waals surface area contributed by atoms with Gasteiger partial charge in [0.2, 0.25) is 0 Å². The third-order valence-corrected chi connectivity index (χ3v) is 3.39. The largest absolute Gasteiger partial charge is 0.508 e. The summed E-state index contributed by atoms with van der Waals surface area (Å²) in [4.78, 5) is 0. The minimum absolute atomic E-state index is 0.0538. The lowest BCUT2D eigenvalue weighted by molar-refractivity contribution is 0.210. The summed E-state index contributed by atoms with van der Waals surface area (Å²) in [7, 11) is 0. The highest BCUT2D eigenvalue weighted by atomic mass is 79.9. The van der Waals surface area contributed by atoms with E-state index in [1.54, 1.807) is 6.07 Å². The fourth-order valence-corrected chi connectivity index (χ4v) is 2.08. The highest BCUT2D eigenvalue weighted by molar-refractivity contribution is 9.10. The summed E-state index contributed by atoms with van der Waals surface area (Å²) in [6, 6.07) is 5.43. The van der Waals surface area contributed by atoms with Crippen molar-refractivity contribution < 1.29 is 10.2 Å². The Morgan fingerprint density at radius 1 is 1.36 bits per heavy atom. The van der Waals surface area contributed by atoms with Gasteiger partial charge in [-0.05, 0) is 48.4 Å². The van der Waals surface area contributed by atoms with Crippen LogP contribution in [0.5, 0.6) is 5.75 Å². The average Bonchev–Trinajstić information content (AvgIpc) is 2.92. The normalized spacial score (nSPS) is 18.1. The quantitative estimate of drug-likeness (QED) is 0.873. The maximum Gasteiger partial charge on any atom is 0.118 e. The molecular weight excluding hydrogens is 244 g/mol. The van der Waals surface area contributed by atoms with E-state index in [4.69, 9.17) is 0 Å². The Balaban J connectivity index is 2.20. The van der Waals surface area contributed by atoms with Gasteiger partial charge in [-0.3, -0.25) is 0 Å². The van der Waals surface area contributed by atoms with E-state index in [0.29, 0.717) is 5.75 Å². The third-order valence-electron chi connectivity index (χ3n) is 2.90. The molecule has 1 aromatic rings. The number of aromatic hydroxyl groups is 1. The molecule has 2 nitrogen and oxygen atoms in total. The molecule has 0 aromatic heterocycles. The molecule has 76 valence electrons. The van der Waals surface area contributed by atoms with Crippen molar-refractivity contribution in [3.63, 3.8) is 0 Å². The van der Waals surface area contributed by atoms with Crippen molar-refractivity contribution in [1.82, 2.24) is 0 Å². The Morgan fingerprint density at radius 3 is 2.64 bits per heavy atom. The predicted molar refractivity (Wildman–Crippen MR) is 58.3 cm³/mol. The van der Waals surface area contributed by atoms with E-state index in [-0.39, 0.29) is 12.0 Å². The molecule has 0 radical (unpaired) electrons. The fourth-order valence-electron chi connectivity index (χ4n) is 1.67. The first kappa shape index (κ1) is 9.99. The molecule has 14 heavy (non-hydrogen) atoms. The topological polar surface area (TPSA) is 40.5 Å². The second-order valence-electron chi connectivity index (χ2n) is 4.11. The van der Waals surface area contributed by atoms with Crippen LogP contribution in [0.1, 0.15) is 18.4 Å². The number of benzene rings is 1. The van der Waals surface area contributed by atoms with Crippen LogP contribution < -0.4 is 0 Å². The summed E-state index contributed by atoms with van der Waals surface area (Å²) in [6.45, 7) is 0.221. The van der Waals surface area contributed by atoms with E-state index in [1.807, 2.05) is 12.1 Å². The highest BCUT2D eigenvalue weighted by Crippen LogP contribution is 2.48. The summed E-state index contributed by atoms with van der Waals surface area (Å²) >= 11 is 3.37. The summed E-state index contributed by atoms with van der Waals surface area (Å²) in [5.41, 5.74) is 0.976. The van der Waals surface area contributed by atoms with Gasteiger partial charge in [-0.15, -0.1) is 0 Å². The smallest absolute Gasteiger partial charge is 0.118 e. The van der Waals surface area contributed by atoms with Crippen molar-refractivity contribution in [3.05, 3.63) is 28.2 Å². The first-order chi connectivity index (χ1) is 6.65. The zero-order valence-electron chi connectivity index (χ0n) is 7.83. The number of halogens is 1. The molecule has 0 heterocycles. The van der Waals surface area contributed by atoms with Crippen LogP contribution in [-0.2, 0) is 6.42 Å². The number of phenolic OH excluding ortho intramolecular Hbond substituents is 1. The summed E-state index contributed by atoms with van der Waals surface area (Å²) in [5.74, 6) is 0.327. The van der Waals surface area contributed by atoms with Crippen molar-refractivity contribution in [3.8, 4) is 5.75 Å². The molecule has 0 spiro atoms. The minimum Gasteiger partial charge on any atom is -0.508 e. The van der Waals surface area contributed by atoms with Crippen LogP contribution in [0.15, 0.2) is 22.7 Å². The van der Waals surface area contributed by atoms with E-state index in [0.717, 1.165) is 29.3 Å². The number of hydrogen-bond donors (Lipinski definition) is 2. The Kier molecular flexibility index (Phi) is 2.54. The minimum atomic E-state index is 0.0538. The molecule has 1 aliphatic carbocycles. The summed E-state index contributed by atoms with van der Waals surface area (Å²) in [6.07, 6.45) is 2.90. The SMILES string of the molecule is OCC1(Cc2cc(Br)ccc2O)CC1. The third kappa shape index (κ3) is 1.93. The highest BCUT2D eigenvalue weighted by Gasteiger charge is 2.42. The van der Waals surface area contributed by atoms with E-state index in [1.165, 1.54) is 0 Å². The lowest BCUT2D eigenvalue weighted by atomic mass is 9.97. The fraction of sp³-hybridized carbons (Fsp3) is 0.455. The molecule has 2 rings (SSSR count). The van der Waals surface area contributed by atoms with E-state index in [9.17, 15) is 10.2 Å². The number of aliphatic hydroxyl groups is 1. The second-order valence-corrected chi connectivity index (χ2v) is 5.02. The Bertz CT molecular complexity index is 345. The molecule has 2 N–H and O–H groups in total. The average molecular weight is 257 g/mol. The monoisotopic (exact) mass is 256 g/mol. The van der Waals surface area contributed by atoms with Gasteiger partial charge in [0, 0.05) is 11.1 Å². The molecule has 0 aliphatic heterocycles. The van der Waals surface area contributed by atoms with Crippen LogP contribution in [0.4, 0.5) is 0 Å². The first-order valence-electron chi connectivity index (χ1n) is 4.73. The maximum absolute atomic E-state index is 9.62. The van der Waals surface area contributed by atoms with E-state index in [2.05, 4.69) is 15.9 Å². The molecule has 1 aromatic carbocycles. The molecule has 1 saturated carbocycles. The lowest BCUT2D eigenvalue weighted by Crippen LogP contribution is -2.10. The maximum atomic E-state index is 9.62. The van der Waals surface area contributed by atoms with Crippen molar-refractivity contribution >= 4 is 15.9 Å². The van der Waals surface area contributed by atoms with Crippen LogP contribution in [0, 0.1) is 5.41 Å². The van der Waals surface area contributed by atoms with Gasteiger partial charge in [0.05, 0.1) is 0 Å². The van der Waals surface area contributed by atoms with Crippen molar-refractivity contribution in [2.75, 3.05) is 6.61 Å². The van der Waals surface area contributed by atoms with Crippen molar-refractivity contribution in [2.45, 2.75) is 19.3 Å². The zero-order valence-corrected chi connectivity index (χ0v) is 9.42. The molecule has 0 bridgehead atoms. The molecule has 3 heteroatoms.